The quantitative estimate of drug-likeness (QED) is 0.660. The maximum absolute atomic E-state index is 12.1. The van der Waals surface area contributed by atoms with Crippen LogP contribution in [0.4, 0.5) is 0 Å². The Balaban J connectivity index is 2.23. The maximum atomic E-state index is 12.1. The van der Waals surface area contributed by atoms with Crippen LogP contribution in [-0.2, 0) is 5.41 Å². The van der Waals surface area contributed by atoms with Crippen molar-refractivity contribution in [2.24, 2.45) is 0 Å². The molecule has 1 N–H and O–H groups in total. The van der Waals surface area contributed by atoms with Crippen molar-refractivity contribution in [1.29, 1.82) is 10.5 Å². The summed E-state index contributed by atoms with van der Waals surface area (Å²) in [5.74, 6) is 0. The number of nitriles is 2. The van der Waals surface area contributed by atoms with E-state index < -0.39 is 22.4 Å². The lowest BCUT2D eigenvalue weighted by atomic mass is 9.77. The largest absolute Gasteiger partial charge is 0.349 e. The number of hydrogen-bond donors (Lipinski definition) is 1. The van der Waals surface area contributed by atoms with Gasteiger partial charge in [0.2, 0.25) is 5.69 Å². The van der Waals surface area contributed by atoms with Gasteiger partial charge in [0.1, 0.15) is 11.5 Å². The minimum atomic E-state index is -1.21. The highest BCUT2D eigenvalue weighted by Gasteiger charge is 2.34. The van der Waals surface area contributed by atoms with Crippen LogP contribution >= 0.6 is 34.8 Å². The summed E-state index contributed by atoms with van der Waals surface area (Å²) in [6.45, 7) is 1.65. The minimum absolute atomic E-state index is 0.102. The number of aromatic amines is 1. The van der Waals surface area contributed by atoms with Crippen LogP contribution in [0.2, 0.25) is 15.1 Å². The summed E-state index contributed by atoms with van der Waals surface area (Å²) in [6, 6.07) is 13.3. The van der Waals surface area contributed by atoms with Crippen molar-refractivity contribution in [3.8, 4) is 17.8 Å². The van der Waals surface area contributed by atoms with Crippen LogP contribution in [-0.4, -0.2) is 14.8 Å². The Labute approximate surface area is 179 Å². The van der Waals surface area contributed by atoms with Gasteiger partial charge in [-0.1, -0.05) is 46.9 Å². The molecule has 1 aromatic heterocycles. The van der Waals surface area contributed by atoms with Crippen LogP contribution < -0.4 is 11.2 Å². The van der Waals surface area contributed by atoms with E-state index in [-0.39, 0.29) is 15.7 Å². The number of halogens is 3. The van der Waals surface area contributed by atoms with Gasteiger partial charge >= 0.3 is 5.69 Å². The third-order valence-electron chi connectivity index (χ3n) is 4.35. The number of rotatable bonds is 3. The topological polar surface area (TPSA) is 115 Å². The molecule has 0 aliphatic heterocycles. The standard InChI is InChI=1S/C19H10Cl3N5O2/c1-19(9-24,10-2-4-11(20)5-3-10)16-13(21)6-12(7-14(16)22)27-18(29)25-17(28)15(8-23)26-27/h2-7H,1H3,(H,25,28,29). The van der Waals surface area contributed by atoms with E-state index in [0.717, 1.165) is 4.68 Å². The molecule has 29 heavy (non-hydrogen) atoms. The smallest absolute Gasteiger partial charge is 0.270 e. The van der Waals surface area contributed by atoms with Crippen LogP contribution in [0.5, 0.6) is 0 Å². The van der Waals surface area contributed by atoms with Crippen molar-refractivity contribution in [1.82, 2.24) is 14.8 Å². The Morgan fingerprint density at radius 2 is 1.66 bits per heavy atom. The molecule has 1 heterocycles. The van der Waals surface area contributed by atoms with Gasteiger partial charge in [0.05, 0.1) is 11.8 Å². The van der Waals surface area contributed by atoms with Gasteiger partial charge in [-0.15, -0.1) is 5.10 Å². The lowest BCUT2D eigenvalue weighted by molar-refractivity contribution is 0.728. The molecule has 144 valence electrons. The number of aromatic nitrogens is 3. The predicted molar refractivity (Wildman–Crippen MR) is 109 cm³/mol. The Morgan fingerprint density at radius 3 is 2.17 bits per heavy atom. The molecule has 0 aliphatic rings. The second kappa shape index (κ2) is 7.73. The zero-order chi connectivity index (χ0) is 21.3. The van der Waals surface area contributed by atoms with Gasteiger partial charge < -0.3 is 0 Å². The monoisotopic (exact) mass is 445 g/mol. The summed E-state index contributed by atoms with van der Waals surface area (Å²) < 4.78 is 0.799. The van der Waals surface area contributed by atoms with Crippen molar-refractivity contribution < 1.29 is 0 Å². The van der Waals surface area contributed by atoms with Gasteiger partial charge in [0.25, 0.3) is 5.56 Å². The lowest BCUT2D eigenvalue weighted by Gasteiger charge is -2.25. The van der Waals surface area contributed by atoms with Crippen LogP contribution in [0.1, 0.15) is 23.7 Å². The van der Waals surface area contributed by atoms with Gasteiger partial charge in [-0.2, -0.15) is 15.2 Å². The average Bonchev–Trinajstić information content (AvgIpc) is 2.67. The molecule has 0 radical (unpaired) electrons. The van der Waals surface area contributed by atoms with Crippen LogP contribution in [0.25, 0.3) is 5.69 Å². The molecule has 7 nitrogen and oxygen atoms in total. The summed E-state index contributed by atoms with van der Waals surface area (Å²) in [4.78, 5) is 25.6. The molecule has 3 rings (SSSR count). The van der Waals surface area contributed by atoms with Crippen molar-refractivity contribution in [3.63, 3.8) is 0 Å². The molecule has 0 saturated carbocycles. The molecule has 0 fully saturated rings. The Hall–Kier alpha value is -3.10. The van der Waals surface area contributed by atoms with E-state index in [1.165, 1.54) is 12.1 Å². The van der Waals surface area contributed by atoms with E-state index in [1.54, 1.807) is 37.3 Å². The molecular formula is C19H10Cl3N5O2. The molecule has 0 spiro atoms. The molecule has 0 aliphatic carbocycles. The SMILES string of the molecule is CC(C#N)(c1ccc(Cl)cc1)c1c(Cl)cc(-n2nc(C#N)c(=O)[nH]c2=O)cc1Cl. The molecular weight excluding hydrogens is 437 g/mol. The fourth-order valence-electron chi connectivity index (χ4n) is 2.86. The molecule has 0 saturated heterocycles. The maximum Gasteiger partial charge on any atom is 0.349 e. The first kappa shape index (κ1) is 20.6. The number of H-pyrrole nitrogens is 1. The molecule has 1 atom stereocenters. The van der Waals surface area contributed by atoms with E-state index in [2.05, 4.69) is 11.2 Å². The molecule has 0 amide bonds. The summed E-state index contributed by atoms with van der Waals surface area (Å²) in [6.07, 6.45) is 0. The molecule has 1 unspecified atom stereocenters. The summed E-state index contributed by atoms with van der Waals surface area (Å²) in [7, 11) is 0. The highest BCUT2D eigenvalue weighted by molar-refractivity contribution is 6.36. The van der Waals surface area contributed by atoms with Crippen molar-refractivity contribution in [2.45, 2.75) is 12.3 Å². The fourth-order valence-corrected chi connectivity index (χ4v) is 3.84. The summed E-state index contributed by atoms with van der Waals surface area (Å²) in [5, 5.41) is 23.3. The predicted octanol–water partition coefficient (Wildman–Crippen LogP) is 3.58. The Bertz CT molecular complexity index is 1290. The summed E-state index contributed by atoms with van der Waals surface area (Å²) in [5.41, 5.74) is -2.41. The number of nitrogens with one attached hydrogen (secondary N) is 1. The van der Waals surface area contributed by atoms with Gasteiger partial charge in [-0.3, -0.25) is 9.78 Å². The zero-order valence-electron chi connectivity index (χ0n) is 14.7. The third kappa shape index (κ3) is 3.64. The molecule has 2 aromatic carbocycles. The number of benzene rings is 2. The molecule has 0 bridgehead atoms. The highest BCUT2D eigenvalue weighted by atomic mass is 35.5. The van der Waals surface area contributed by atoms with Gasteiger partial charge in [-0.05, 0) is 36.8 Å². The second-order valence-electron chi connectivity index (χ2n) is 6.16. The van der Waals surface area contributed by atoms with E-state index >= 15 is 0 Å². The first-order valence-corrected chi connectivity index (χ1v) is 9.15. The third-order valence-corrected chi connectivity index (χ3v) is 5.20. The fraction of sp³-hybridized carbons (Fsp3) is 0.105. The second-order valence-corrected chi connectivity index (χ2v) is 7.41. The minimum Gasteiger partial charge on any atom is -0.270 e. The van der Waals surface area contributed by atoms with Crippen molar-refractivity contribution in [2.75, 3.05) is 0 Å². The van der Waals surface area contributed by atoms with Crippen LogP contribution in [0.15, 0.2) is 46.0 Å². The zero-order valence-corrected chi connectivity index (χ0v) is 17.0. The first-order chi connectivity index (χ1) is 13.7. The number of nitrogens with zero attached hydrogens (tertiary/aromatic N) is 4. The van der Waals surface area contributed by atoms with Gasteiger partial charge in [-0.25, -0.2) is 4.79 Å². The van der Waals surface area contributed by atoms with E-state index in [4.69, 9.17) is 40.1 Å². The van der Waals surface area contributed by atoms with E-state index in [0.29, 0.717) is 16.1 Å². The van der Waals surface area contributed by atoms with E-state index in [9.17, 15) is 14.9 Å². The molecule has 3 aromatic rings. The van der Waals surface area contributed by atoms with Crippen molar-refractivity contribution >= 4 is 34.8 Å². The van der Waals surface area contributed by atoms with Crippen molar-refractivity contribution in [3.05, 3.63) is 89.1 Å². The first-order valence-electron chi connectivity index (χ1n) is 8.02. The molecule has 10 heteroatoms. The van der Waals surface area contributed by atoms with Crippen LogP contribution in [0.3, 0.4) is 0 Å². The van der Waals surface area contributed by atoms with E-state index in [1.807, 2.05) is 4.98 Å². The van der Waals surface area contributed by atoms with Crippen LogP contribution in [0, 0.1) is 22.7 Å². The van der Waals surface area contributed by atoms with Gasteiger partial charge in [0.15, 0.2) is 0 Å². The Kier molecular flexibility index (Phi) is 5.50. The average molecular weight is 447 g/mol. The lowest BCUT2D eigenvalue weighted by Crippen LogP contribution is -2.33. The van der Waals surface area contributed by atoms with Gasteiger partial charge in [0, 0.05) is 20.6 Å². The Morgan fingerprint density at radius 1 is 1.07 bits per heavy atom. The normalized spacial score (nSPS) is 12.6. The highest BCUT2D eigenvalue weighted by Crippen LogP contribution is 2.41. The summed E-state index contributed by atoms with van der Waals surface area (Å²) >= 11 is 18.8. The number of hydrogen-bond acceptors (Lipinski definition) is 5.